The molecule has 1 rings (SSSR count). The Balaban J connectivity index is 2.77. The first kappa shape index (κ1) is 7.54. The largest absolute Gasteiger partial charge is 0.447 e. The van der Waals surface area contributed by atoms with Crippen molar-refractivity contribution in [3.05, 3.63) is 48.7 Å². The molecule has 56 valence electrons. The van der Waals surface area contributed by atoms with E-state index in [1.165, 1.54) is 6.26 Å². The molecule has 0 bridgehead atoms. The molecule has 0 unspecified atom stereocenters. The van der Waals surface area contributed by atoms with Crippen LogP contribution in [0.15, 0.2) is 43.2 Å². The Labute approximate surface area is 65.6 Å². The summed E-state index contributed by atoms with van der Waals surface area (Å²) >= 11 is 0. The summed E-state index contributed by atoms with van der Waals surface area (Å²) in [4.78, 5) is 0. The number of benzene rings is 1. The van der Waals surface area contributed by atoms with Crippen molar-refractivity contribution in [3.8, 4) is 0 Å². The van der Waals surface area contributed by atoms with E-state index in [1.54, 1.807) is 0 Å². The van der Waals surface area contributed by atoms with Gasteiger partial charge in [-0.25, -0.2) is 0 Å². The zero-order valence-corrected chi connectivity index (χ0v) is 6.08. The minimum Gasteiger partial charge on any atom is -0.447 e. The maximum atomic E-state index is 7.34. The average Bonchev–Trinajstić information content (AvgIpc) is 2.07. The summed E-state index contributed by atoms with van der Waals surface area (Å²) in [5, 5.41) is 7.34. The van der Waals surface area contributed by atoms with Crippen LogP contribution in [-0.4, -0.2) is 5.90 Å². The second-order valence-corrected chi connectivity index (χ2v) is 1.98. The fourth-order valence-electron chi connectivity index (χ4n) is 0.741. The third kappa shape index (κ3) is 1.93. The van der Waals surface area contributed by atoms with E-state index < -0.39 is 0 Å². The lowest BCUT2D eigenvalue weighted by atomic mass is 10.2. The predicted molar refractivity (Wildman–Crippen MR) is 44.6 cm³/mol. The van der Waals surface area contributed by atoms with Crippen LogP contribution in [0.4, 0.5) is 0 Å². The van der Waals surface area contributed by atoms with E-state index in [4.69, 9.17) is 10.1 Å². The third-order valence-corrected chi connectivity index (χ3v) is 1.24. The summed E-state index contributed by atoms with van der Waals surface area (Å²) in [6.07, 6.45) is 1.25. The van der Waals surface area contributed by atoms with Gasteiger partial charge in [0.15, 0.2) is 0 Å². The molecule has 11 heavy (non-hydrogen) atoms. The Bertz CT molecular complexity index is 254. The molecule has 0 amide bonds. The maximum absolute atomic E-state index is 7.34. The molecule has 0 fully saturated rings. The molecular formula is C9H9NO. The summed E-state index contributed by atoms with van der Waals surface area (Å²) in [5.41, 5.74) is 0.757. The fraction of sp³-hybridized carbons (Fsp3) is 0. The van der Waals surface area contributed by atoms with Crippen LogP contribution in [0.2, 0.25) is 0 Å². The molecule has 0 heterocycles. The lowest BCUT2D eigenvalue weighted by Crippen LogP contribution is -1.98. The minimum atomic E-state index is 0.126. The van der Waals surface area contributed by atoms with Crippen molar-refractivity contribution in [2.45, 2.75) is 0 Å². The molecule has 1 aromatic rings. The highest BCUT2D eigenvalue weighted by Crippen LogP contribution is 2.00. The Morgan fingerprint density at radius 3 is 2.55 bits per heavy atom. The van der Waals surface area contributed by atoms with Gasteiger partial charge < -0.3 is 4.74 Å². The summed E-state index contributed by atoms with van der Waals surface area (Å²) in [6, 6.07) is 9.23. The normalized spacial score (nSPS) is 8.73. The summed E-state index contributed by atoms with van der Waals surface area (Å²) < 4.78 is 4.78. The monoisotopic (exact) mass is 147 g/mol. The van der Waals surface area contributed by atoms with Crippen molar-refractivity contribution in [2.75, 3.05) is 0 Å². The number of nitrogens with one attached hydrogen (secondary N) is 1. The molecule has 0 aliphatic heterocycles. The molecule has 1 N–H and O–H groups in total. The topological polar surface area (TPSA) is 33.1 Å². The SMILES string of the molecule is C=COC(=N)c1ccccc1. The molecule has 0 aliphatic carbocycles. The molecule has 0 atom stereocenters. The lowest BCUT2D eigenvalue weighted by molar-refractivity contribution is 0.471. The van der Waals surface area contributed by atoms with E-state index in [-0.39, 0.29) is 5.90 Å². The highest BCUT2D eigenvalue weighted by atomic mass is 16.5. The highest BCUT2D eigenvalue weighted by Gasteiger charge is 1.96. The van der Waals surface area contributed by atoms with Gasteiger partial charge in [0.25, 0.3) is 0 Å². The molecule has 0 aromatic heterocycles. The molecule has 0 spiro atoms. The van der Waals surface area contributed by atoms with E-state index in [0.717, 1.165) is 5.56 Å². The fourth-order valence-corrected chi connectivity index (χ4v) is 0.741. The quantitative estimate of drug-likeness (QED) is 0.388. The van der Waals surface area contributed by atoms with Gasteiger partial charge in [0.05, 0.1) is 6.26 Å². The van der Waals surface area contributed by atoms with Crippen LogP contribution >= 0.6 is 0 Å². The Hall–Kier alpha value is -1.57. The summed E-state index contributed by atoms with van der Waals surface area (Å²) in [6.45, 7) is 3.36. The number of rotatable bonds is 2. The number of hydrogen-bond acceptors (Lipinski definition) is 2. The summed E-state index contributed by atoms with van der Waals surface area (Å²) in [5.74, 6) is 0.126. The van der Waals surface area contributed by atoms with Gasteiger partial charge in [-0.05, 0) is 12.1 Å². The molecular weight excluding hydrogens is 138 g/mol. The molecule has 1 aromatic carbocycles. The molecule has 0 aliphatic rings. The van der Waals surface area contributed by atoms with Crippen LogP contribution in [0.25, 0.3) is 0 Å². The predicted octanol–water partition coefficient (Wildman–Crippen LogP) is 2.17. The first-order valence-corrected chi connectivity index (χ1v) is 3.26. The van der Waals surface area contributed by atoms with Gasteiger partial charge in [-0.15, -0.1) is 0 Å². The Morgan fingerprint density at radius 2 is 2.00 bits per heavy atom. The van der Waals surface area contributed by atoms with Gasteiger partial charge in [0, 0.05) is 5.56 Å². The van der Waals surface area contributed by atoms with E-state index in [1.807, 2.05) is 30.3 Å². The maximum Gasteiger partial charge on any atom is 0.218 e. The van der Waals surface area contributed by atoms with E-state index in [9.17, 15) is 0 Å². The second-order valence-electron chi connectivity index (χ2n) is 1.98. The first-order chi connectivity index (χ1) is 5.34. The molecule has 2 heteroatoms. The molecule has 0 saturated carbocycles. The van der Waals surface area contributed by atoms with Crippen molar-refractivity contribution in [1.82, 2.24) is 0 Å². The minimum absolute atomic E-state index is 0.126. The van der Waals surface area contributed by atoms with Gasteiger partial charge in [0.2, 0.25) is 5.90 Å². The van der Waals surface area contributed by atoms with Crippen LogP contribution in [-0.2, 0) is 4.74 Å². The van der Waals surface area contributed by atoms with Gasteiger partial charge >= 0.3 is 0 Å². The van der Waals surface area contributed by atoms with E-state index in [0.29, 0.717) is 0 Å². The van der Waals surface area contributed by atoms with Gasteiger partial charge in [-0.2, -0.15) is 0 Å². The Kier molecular flexibility index (Phi) is 2.44. The second kappa shape index (κ2) is 3.56. The first-order valence-electron chi connectivity index (χ1n) is 3.26. The van der Waals surface area contributed by atoms with Crippen LogP contribution in [0.5, 0.6) is 0 Å². The summed E-state index contributed by atoms with van der Waals surface area (Å²) in [7, 11) is 0. The van der Waals surface area contributed by atoms with Crippen LogP contribution in [0.1, 0.15) is 5.56 Å². The highest BCUT2D eigenvalue weighted by molar-refractivity contribution is 5.91. The van der Waals surface area contributed by atoms with E-state index in [2.05, 4.69) is 6.58 Å². The van der Waals surface area contributed by atoms with Gasteiger partial charge in [-0.1, -0.05) is 24.8 Å². The van der Waals surface area contributed by atoms with Crippen molar-refractivity contribution in [2.24, 2.45) is 0 Å². The molecule has 0 radical (unpaired) electrons. The third-order valence-electron chi connectivity index (χ3n) is 1.24. The van der Waals surface area contributed by atoms with Crippen LogP contribution in [0.3, 0.4) is 0 Å². The van der Waals surface area contributed by atoms with E-state index >= 15 is 0 Å². The smallest absolute Gasteiger partial charge is 0.218 e. The molecule has 0 saturated heterocycles. The standard InChI is InChI=1S/C9H9NO/c1-2-11-9(10)8-6-4-3-5-7-8/h2-7,10H,1H2. The zero-order chi connectivity index (χ0) is 8.10. The van der Waals surface area contributed by atoms with Gasteiger partial charge in [-0.3, -0.25) is 5.41 Å². The van der Waals surface area contributed by atoms with Gasteiger partial charge in [0.1, 0.15) is 0 Å². The zero-order valence-electron chi connectivity index (χ0n) is 6.08. The average molecular weight is 147 g/mol. The number of ether oxygens (including phenoxy) is 1. The molecule has 2 nitrogen and oxygen atoms in total. The van der Waals surface area contributed by atoms with Crippen molar-refractivity contribution in [1.29, 1.82) is 5.41 Å². The lowest BCUT2D eigenvalue weighted by Gasteiger charge is -1.99. The van der Waals surface area contributed by atoms with Crippen molar-refractivity contribution >= 4 is 5.90 Å². The van der Waals surface area contributed by atoms with Crippen molar-refractivity contribution < 1.29 is 4.74 Å². The van der Waals surface area contributed by atoms with Crippen LogP contribution < -0.4 is 0 Å². The van der Waals surface area contributed by atoms with Crippen molar-refractivity contribution in [3.63, 3.8) is 0 Å². The number of hydrogen-bond donors (Lipinski definition) is 1. The van der Waals surface area contributed by atoms with Crippen LogP contribution in [0, 0.1) is 5.41 Å². The Morgan fingerprint density at radius 1 is 1.36 bits per heavy atom.